The molecule has 0 aromatic heterocycles. The normalized spacial score (nSPS) is 9.47. The molecule has 0 saturated heterocycles. The van der Waals surface area contributed by atoms with Crippen molar-refractivity contribution in [3.8, 4) is 11.5 Å². The summed E-state index contributed by atoms with van der Waals surface area (Å²) in [5, 5.41) is -0.580. The highest BCUT2D eigenvalue weighted by Crippen LogP contribution is 2.17. The van der Waals surface area contributed by atoms with Crippen LogP contribution in [-0.2, 0) is 4.79 Å². The maximum atomic E-state index is 10.6. The van der Waals surface area contributed by atoms with Crippen molar-refractivity contribution >= 4 is 16.8 Å². The Balaban J connectivity index is 2.51. The molecule has 0 N–H and O–H groups in total. The molecule has 80 valence electrons. The van der Waals surface area contributed by atoms with Crippen LogP contribution in [0.3, 0.4) is 0 Å². The molecule has 0 bridgehead atoms. The standard InChI is InChI=1S/C11H11ClO3/c1-8(11(12)13)7-15-10-5-3-9(14-2)4-6-10/h3-6H,1,7H2,2H3. The van der Waals surface area contributed by atoms with Crippen LogP contribution in [0.4, 0.5) is 0 Å². The van der Waals surface area contributed by atoms with Crippen molar-refractivity contribution in [3.05, 3.63) is 36.4 Å². The Morgan fingerprint density at radius 1 is 1.33 bits per heavy atom. The molecule has 1 aromatic carbocycles. The topological polar surface area (TPSA) is 35.5 Å². The minimum atomic E-state index is -0.580. The molecule has 0 heterocycles. The van der Waals surface area contributed by atoms with Gasteiger partial charge in [0.15, 0.2) is 0 Å². The SMILES string of the molecule is C=C(COc1ccc(OC)cc1)C(=O)Cl. The van der Waals surface area contributed by atoms with Crippen molar-refractivity contribution in [2.24, 2.45) is 0 Å². The first kappa shape index (κ1) is 11.6. The summed E-state index contributed by atoms with van der Waals surface area (Å²) >= 11 is 5.20. The molecule has 1 rings (SSSR count). The summed E-state index contributed by atoms with van der Waals surface area (Å²) in [4.78, 5) is 10.6. The van der Waals surface area contributed by atoms with E-state index in [1.807, 2.05) is 0 Å². The van der Waals surface area contributed by atoms with Crippen molar-refractivity contribution in [3.63, 3.8) is 0 Å². The number of halogens is 1. The van der Waals surface area contributed by atoms with Gasteiger partial charge in [-0.2, -0.15) is 0 Å². The quantitative estimate of drug-likeness (QED) is 0.571. The number of rotatable bonds is 5. The molecule has 0 aliphatic rings. The van der Waals surface area contributed by atoms with Gasteiger partial charge in [0.2, 0.25) is 0 Å². The van der Waals surface area contributed by atoms with Crippen molar-refractivity contribution < 1.29 is 14.3 Å². The summed E-state index contributed by atoms with van der Waals surface area (Å²) in [6.07, 6.45) is 0. The van der Waals surface area contributed by atoms with Crippen LogP contribution in [-0.4, -0.2) is 19.0 Å². The van der Waals surface area contributed by atoms with Crippen molar-refractivity contribution in [2.75, 3.05) is 13.7 Å². The van der Waals surface area contributed by atoms with E-state index in [1.54, 1.807) is 31.4 Å². The van der Waals surface area contributed by atoms with E-state index in [-0.39, 0.29) is 12.2 Å². The number of hydrogen-bond donors (Lipinski definition) is 0. The van der Waals surface area contributed by atoms with E-state index in [0.29, 0.717) is 5.75 Å². The van der Waals surface area contributed by atoms with Crippen molar-refractivity contribution in [1.82, 2.24) is 0 Å². The third kappa shape index (κ3) is 3.64. The molecular formula is C11H11ClO3. The summed E-state index contributed by atoms with van der Waals surface area (Å²) in [5.41, 5.74) is 0.229. The van der Waals surface area contributed by atoms with Gasteiger partial charge in [-0.1, -0.05) is 6.58 Å². The average Bonchev–Trinajstić information content (AvgIpc) is 2.26. The number of benzene rings is 1. The summed E-state index contributed by atoms with van der Waals surface area (Å²) in [6, 6.07) is 7.01. The van der Waals surface area contributed by atoms with E-state index in [0.717, 1.165) is 5.75 Å². The van der Waals surface area contributed by atoms with E-state index >= 15 is 0 Å². The highest BCUT2D eigenvalue weighted by molar-refractivity contribution is 6.67. The summed E-state index contributed by atoms with van der Waals surface area (Å²) in [7, 11) is 1.59. The highest BCUT2D eigenvalue weighted by Gasteiger charge is 2.03. The van der Waals surface area contributed by atoms with Crippen LogP contribution < -0.4 is 9.47 Å². The number of ether oxygens (including phenoxy) is 2. The molecule has 3 nitrogen and oxygen atoms in total. The Labute approximate surface area is 93.3 Å². The third-order valence-electron chi connectivity index (χ3n) is 1.75. The van der Waals surface area contributed by atoms with Crippen LogP contribution in [0.25, 0.3) is 0 Å². The first-order chi connectivity index (χ1) is 7.13. The van der Waals surface area contributed by atoms with E-state index < -0.39 is 5.24 Å². The molecule has 0 aliphatic carbocycles. The fourth-order valence-corrected chi connectivity index (χ4v) is 0.954. The Morgan fingerprint density at radius 3 is 2.33 bits per heavy atom. The number of carbonyl (C=O) groups is 1. The largest absolute Gasteiger partial charge is 0.497 e. The molecule has 4 heteroatoms. The predicted molar refractivity (Wildman–Crippen MR) is 58.5 cm³/mol. The average molecular weight is 227 g/mol. The monoisotopic (exact) mass is 226 g/mol. The highest BCUT2D eigenvalue weighted by atomic mass is 35.5. The van der Waals surface area contributed by atoms with E-state index in [2.05, 4.69) is 6.58 Å². The van der Waals surface area contributed by atoms with Gasteiger partial charge in [-0.3, -0.25) is 4.79 Å². The summed E-state index contributed by atoms with van der Waals surface area (Å²) in [6.45, 7) is 3.56. The molecular weight excluding hydrogens is 216 g/mol. The van der Waals surface area contributed by atoms with Crippen LogP contribution >= 0.6 is 11.6 Å². The predicted octanol–water partition coefficient (Wildman–Crippen LogP) is 2.40. The van der Waals surface area contributed by atoms with Crippen molar-refractivity contribution in [2.45, 2.75) is 0 Å². The van der Waals surface area contributed by atoms with Gasteiger partial charge in [-0.15, -0.1) is 0 Å². The van der Waals surface area contributed by atoms with Crippen LogP contribution in [0.15, 0.2) is 36.4 Å². The molecule has 0 radical (unpaired) electrons. The van der Waals surface area contributed by atoms with Gasteiger partial charge >= 0.3 is 0 Å². The maximum absolute atomic E-state index is 10.6. The first-order valence-corrected chi connectivity index (χ1v) is 4.65. The molecule has 15 heavy (non-hydrogen) atoms. The lowest BCUT2D eigenvalue weighted by Gasteiger charge is -2.06. The van der Waals surface area contributed by atoms with Crippen molar-refractivity contribution in [1.29, 1.82) is 0 Å². The van der Waals surface area contributed by atoms with E-state index in [9.17, 15) is 4.79 Å². The Kier molecular flexibility index (Phi) is 4.18. The number of carbonyl (C=O) groups excluding carboxylic acids is 1. The first-order valence-electron chi connectivity index (χ1n) is 4.28. The van der Waals surface area contributed by atoms with Crippen LogP contribution in [0, 0.1) is 0 Å². The summed E-state index contributed by atoms with van der Waals surface area (Å²) in [5.74, 6) is 1.38. The van der Waals surface area contributed by atoms with Gasteiger partial charge < -0.3 is 9.47 Å². The van der Waals surface area contributed by atoms with Crippen LogP contribution in [0.5, 0.6) is 11.5 Å². The molecule has 0 amide bonds. The second-order valence-corrected chi connectivity index (χ2v) is 3.18. The van der Waals surface area contributed by atoms with Crippen LogP contribution in [0.2, 0.25) is 0 Å². The second kappa shape index (κ2) is 5.41. The zero-order valence-electron chi connectivity index (χ0n) is 8.33. The second-order valence-electron chi connectivity index (χ2n) is 2.84. The van der Waals surface area contributed by atoms with Gasteiger partial charge in [0.05, 0.1) is 7.11 Å². The molecule has 0 aliphatic heterocycles. The molecule has 0 spiro atoms. The molecule has 0 unspecified atom stereocenters. The van der Waals surface area contributed by atoms with Gasteiger partial charge in [-0.25, -0.2) is 0 Å². The van der Waals surface area contributed by atoms with Gasteiger partial charge in [0.1, 0.15) is 18.1 Å². The summed E-state index contributed by atoms with van der Waals surface area (Å²) < 4.78 is 10.3. The fourth-order valence-electron chi connectivity index (χ4n) is 0.899. The lowest BCUT2D eigenvalue weighted by atomic mass is 10.3. The van der Waals surface area contributed by atoms with E-state index in [1.165, 1.54) is 0 Å². The van der Waals surface area contributed by atoms with Crippen LogP contribution in [0.1, 0.15) is 0 Å². The van der Waals surface area contributed by atoms with Gasteiger partial charge in [-0.05, 0) is 35.9 Å². The zero-order valence-corrected chi connectivity index (χ0v) is 9.08. The van der Waals surface area contributed by atoms with E-state index in [4.69, 9.17) is 21.1 Å². The molecule has 0 fully saturated rings. The zero-order chi connectivity index (χ0) is 11.3. The maximum Gasteiger partial charge on any atom is 0.251 e. The lowest BCUT2D eigenvalue weighted by Crippen LogP contribution is -2.04. The van der Waals surface area contributed by atoms with Gasteiger partial charge in [0, 0.05) is 5.57 Å². The Hall–Kier alpha value is -1.48. The fraction of sp³-hybridized carbons (Fsp3) is 0.182. The minimum Gasteiger partial charge on any atom is -0.497 e. The Morgan fingerprint density at radius 2 is 1.87 bits per heavy atom. The number of methoxy groups -OCH3 is 1. The lowest BCUT2D eigenvalue weighted by molar-refractivity contribution is -0.108. The van der Waals surface area contributed by atoms with Gasteiger partial charge in [0.25, 0.3) is 5.24 Å². The number of hydrogen-bond acceptors (Lipinski definition) is 3. The third-order valence-corrected chi connectivity index (χ3v) is 2.02. The smallest absolute Gasteiger partial charge is 0.251 e. The minimum absolute atomic E-state index is 0.0919. The Bertz CT molecular complexity index is 357. The molecule has 0 atom stereocenters. The molecule has 1 aromatic rings. The molecule has 0 saturated carbocycles.